The third kappa shape index (κ3) is 1.33. The molecule has 88 valence electrons. The van der Waals surface area contributed by atoms with Gasteiger partial charge in [0.25, 0.3) is 0 Å². The van der Waals surface area contributed by atoms with Crippen LogP contribution in [0.3, 0.4) is 0 Å². The highest BCUT2D eigenvalue weighted by atomic mass is 35.5. The minimum atomic E-state index is 0.794. The van der Waals surface area contributed by atoms with E-state index in [1.54, 1.807) is 0 Å². The van der Waals surface area contributed by atoms with Gasteiger partial charge in [-0.3, -0.25) is 4.99 Å². The molecule has 0 bridgehead atoms. The first-order valence-corrected chi connectivity index (χ1v) is 6.44. The number of halogens is 1. The van der Waals surface area contributed by atoms with Gasteiger partial charge < -0.3 is 4.90 Å². The highest BCUT2D eigenvalue weighted by Crippen LogP contribution is 2.43. The third-order valence-electron chi connectivity index (χ3n) is 3.57. The Hall–Kier alpha value is -1.80. The van der Waals surface area contributed by atoms with Crippen LogP contribution in [0.15, 0.2) is 41.4 Å². The molecule has 0 aromatic heterocycles. The highest BCUT2D eigenvalue weighted by Gasteiger charge is 2.26. The summed E-state index contributed by atoms with van der Waals surface area (Å²) in [6, 6.07) is 12.3. The van der Waals surface area contributed by atoms with Crippen molar-refractivity contribution in [2.45, 2.75) is 6.42 Å². The normalized spacial score (nSPS) is 15.3. The molecule has 4 rings (SSSR count). The van der Waals surface area contributed by atoms with Crippen LogP contribution in [0.2, 0.25) is 5.02 Å². The zero-order chi connectivity index (χ0) is 12.1. The maximum atomic E-state index is 6.16. The number of para-hydroxylation sites is 2. The number of hydrogen-bond acceptors (Lipinski definition) is 2. The second-order valence-electron chi connectivity index (χ2n) is 4.65. The van der Waals surface area contributed by atoms with Gasteiger partial charge in [0, 0.05) is 23.3 Å². The van der Waals surface area contributed by atoms with Crippen LogP contribution in [-0.4, -0.2) is 12.8 Å². The summed E-state index contributed by atoms with van der Waals surface area (Å²) < 4.78 is 0. The molecule has 0 atom stereocenters. The molecule has 2 nitrogen and oxygen atoms in total. The number of nitrogens with zero attached hydrogens (tertiary/aromatic N) is 2. The monoisotopic (exact) mass is 254 g/mol. The van der Waals surface area contributed by atoms with Crippen LogP contribution in [0.5, 0.6) is 0 Å². The van der Waals surface area contributed by atoms with Gasteiger partial charge in [-0.05, 0) is 36.2 Å². The lowest BCUT2D eigenvalue weighted by Crippen LogP contribution is -2.13. The highest BCUT2D eigenvalue weighted by molar-refractivity contribution is 6.31. The SMILES string of the molecule is Clc1cc2c3c(c1)CCN3c1ccccc1N=C2. The van der Waals surface area contributed by atoms with Crippen molar-refractivity contribution in [2.24, 2.45) is 4.99 Å². The van der Waals surface area contributed by atoms with Gasteiger partial charge >= 0.3 is 0 Å². The van der Waals surface area contributed by atoms with Gasteiger partial charge in [-0.15, -0.1) is 0 Å². The minimum absolute atomic E-state index is 0.794. The Morgan fingerprint density at radius 2 is 2.06 bits per heavy atom. The first kappa shape index (κ1) is 10.2. The summed E-state index contributed by atoms with van der Waals surface area (Å²) >= 11 is 6.16. The van der Waals surface area contributed by atoms with E-state index in [0.29, 0.717) is 0 Å². The van der Waals surface area contributed by atoms with E-state index < -0.39 is 0 Å². The van der Waals surface area contributed by atoms with Crippen molar-refractivity contribution in [2.75, 3.05) is 11.4 Å². The van der Waals surface area contributed by atoms with Gasteiger partial charge in [0.1, 0.15) is 0 Å². The quantitative estimate of drug-likeness (QED) is 0.691. The van der Waals surface area contributed by atoms with Crippen LogP contribution in [0.4, 0.5) is 17.1 Å². The van der Waals surface area contributed by atoms with Crippen molar-refractivity contribution in [1.82, 2.24) is 0 Å². The molecule has 0 amide bonds. The van der Waals surface area contributed by atoms with Crippen LogP contribution in [0, 0.1) is 0 Å². The van der Waals surface area contributed by atoms with Crippen molar-refractivity contribution in [3.8, 4) is 0 Å². The van der Waals surface area contributed by atoms with Crippen LogP contribution in [-0.2, 0) is 6.42 Å². The van der Waals surface area contributed by atoms with Crippen LogP contribution in [0.25, 0.3) is 0 Å². The Labute approximate surface area is 111 Å². The first-order valence-electron chi connectivity index (χ1n) is 6.06. The molecule has 2 aliphatic rings. The molecule has 2 heterocycles. The summed E-state index contributed by atoms with van der Waals surface area (Å²) in [5, 5.41) is 0.794. The zero-order valence-corrected chi connectivity index (χ0v) is 10.5. The molecule has 0 aliphatic carbocycles. The molecule has 0 saturated carbocycles. The molecule has 0 unspecified atom stereocenters. The Balaban J connectivity index is 2.04. The van der Waals surface area contributed by atoms with Gasteiger partial charge in [0.2, 0.25) is 0 Å². The molecule has 0 saturated heterocycles. The van der Waals surface area contributed by atoms with E-state index in [0.717, 1.165) is 29.2 Å². The average Bonchev–Trinajstić information content (AvgIpc) is 2.72. The first-order chi connectivity index (χ1) is 8.83. The lowest BCUT2D eigenvalue weighted by molar-refractivity contribution is 0.999. The van der Waals surface area contributed by atoms with E-state index in [1.165, 1.54) is 16.9 Å². The van der Waals surface area contributed by atoms with E-state index in [4.69, 9.17) is 11.6 Å². The van der Waals surface area contributed by atoms with E-state index in [-0.39, 0.29) is 0 Å². The summed E-state index contributed by atoms with van der Waals surface area (Å²) in [6.45, 7) is 1.00. The van der Waals surface area contributed by atoms with E-state index >= 15 is 0 Å². The molecule has 0 radical (unpaired) electrons. The molecule has 0 fully saturated rings. The number of benzene rings is 2. The topological polar surface area (TPSA) is 15.6 Å². The van der Waals surface area contributed by atoms with Crippen molar-refractivity contribution >= 4 is 34.9 Å². The molecule has 18 heavy (non-hydrogen) atoms. The minimum Gasteiger partial charge on any atom is -0.339 e. The number of anilines is 2. The molecule has 3 heteroatoms. The van der Waals surface area contributed by atoms with Crippen LogP contribution < -0.4 is 4.90 Å². The second-order valence-corrected chi connectivity index (χ2v) is 5.09. The molecular weight excluding hydrogens is 244 g/mol. The number of hydrogen-bond donors (Lipinski definition) is 0. The van der Waals surface area contributed by atoms with E-state index in [2.05, 4.69) is 34.2 Å². The fraction of sp³-hybridized carbons (Fsp3) is 0.133. The van der Waals surface area contributed by atoms with Crippen LogP contribution in [0.1, 0.15) is 11.1 Å². The Morgan fingerprint density at radius 1 is 1.17 bits per heavy atom. The molecule has 0 N–H and O–H groups in total. The summed E-state index contributed by atoms with van der Waals surface area (Å²) in [5.41, 5.74) is 5.92. The lowest BCUT2D eigenvalue weighted by Gasteiger charge is -2.20. The maximum absolute atomic E-state index is 6.16. The second kappa shape index (κ2) is 3.59. The van der Waals surface area contributed by atoms with Crippen LogP contribution >= 0.6 is 11.6 Å². The number of fused-ring (bicyclic) bond motifs is 2. The third-order valence-corrected chi connectivity index (χ3v) is 3.79. The van der Waals surface area contributed by atoms with Crippen molar-refractivity contribution < 1.29 is 0 Å². The van der Waals surface area contributed by atoms with Gasteiger partial charge in [-0.1, -0.05) is 23.7 Å². The molecule has 2 aromatic carbocycles. The average molecular weight is 255 g/mol. The summed E-state index contributed by atoms with van der Waals surface area (Å²) in [7, 11) is 0. The fourth-order valence-electron chi connectivity index (χ4n) is 2.82. The van der Waals surface area contributed by atoms with Gasteiger partial charge in [-0.25, -0.2) is 0 Å². The molecule has 0 spiro atoms. The zero-order valence-electron chi connectivity index (χ0n) is 9.73. The molecule has 2 aliphatic heterocycles. The number of rotatable bonds is 0. The molecular formula is C15H11ClN2. The van der Waals surface area contributed by atoms with Crippen molar-refractivity contribution in [1.29, 1.82) is 0 Å². The van der Waals surface area contributed by atoms with E-state index in [9.17, 15) is 0 Å². The largest absolute Gasteiger partial charge is 0.339 e. The van der Waals surface area contributed by atoms with Crippen molar-refractivity contribution in [3.05, 3.63) is 52.5 Å². The van der Waals surface area contributed by atoms with Gasteiger partial charge in [0.15, 0.2) is 0 Å². The number of aliphatic imine (C=N–C) groups is 1. The Morgan fingerprint density at radius 3 is 3.00 bits per heavy atom. The van der Waals surface area contributed by atoms with Gasteiger partial charge in [0.05, 0.1) is 17.1 Å². The Bertz CT molecular complexity index is 676. The summed E-state index contributed by atoms with van der Waals surface area (Å²) in [6.07, 6.45) is 2.97. The standard InChI is InChI=1S/C15H11ClN2/c16-12-7-10-5-6-18-14-4-2-1-3-13(14)17-9-11(8-12)15(10)18/h1-4,7-9H,5-6H2. The smallest absolute Gasteiger partial charge is 0.0866 e. The van der Waals surface area contributed by atoms with Crippen molar-refractivity contribution in [3.63, 3.8) is 0 Å². The fourth-order valence-corrected chi connectivity index (χ4v) is 3.07. The Kier molecular flexibility index (Phi) is 2.03. The summed E-state index contributed by atoms with van der Waals surface area (Å²) in [4.78, 5) is 6.92. The predicted molar refractivity (Wildman–Crippen MR) is 75.9 cm³/mol. The van der Waals surface area contributed by atoms with E-state index in [1.807, 2.05) is 18.3 Å². The predicted octanol–water partition coefficient (Wildman–Crippen LogP) is 4.10. The van der Waals surface area contributed by atoms with Gasteiger partial charge in [-0.2, -0.15) is 0 Å². The summed E-state index contributed by atoms with van der Waals surface area (Å²) in [5.74, 6) is 0. The molecule has 2 aromatic rings. The lowest BCUT2D eigenvalue weighted by atomic mass is 10.1. The maximum Gasteiger partial charge on any atom is 0.0866 e.